The van der Waals surface area contributed by atoms with Crippen LogP contribution in [0.4, 0.5) is 5.69 Å². The number of fused-ring (bicyclic) bond motifs is 1. The molecule has 114 valence electrons. The van der Waals surface area contributed by atoms with E-state index in [2.05, 4.69) is 72.8 Å². The van der Waals surface area contributed by atoms with Crippen LogP contribution in [0.5, 0.6) is 0 Å². The molecule has 2 heterocycles. The molecule has 1 aliphatic rings. The van der Waals surface area contributed by atoms with Gasteiger partial charge in [-0.3, -0.25) is 0 Å². The smallest absolute Gasteiger partial charge is 0.0482 e. The zero-order valence-corrected chi connectivity index (χ0v) is 13.8. The van der Waals surface area contributed by atoms with Crippen LogP contribution in [0.3, 0.4) is 0 Å². The number of anilines is 1. The van der Waals surface area contributed by atoms with E-state index in [0.717, 1.165) is 6.54 Å². The molecular weight excluding hydrogens is 258 g/mol. The van der Waals surface area contributed by atoms with Gasteiger partial charge in [-0.25, -0.2) is 0 Å². The Morgan fingerprint density at radius 2 is 1.81 bits per heavy atom. The maximum Gasteiger partial charge on any atom is 0.0482 e. The second-order valence-corrected chi connectivity index (χ2v) is 7.09. The lowest BCUT2D eigenvalue weighted by atomic mass is 10.0. The fourth-order valence-corrected chi connectivity index (χ4v) is 3.06. The molecule has 0 bridgehead atoms. The number of benzene rings is 1. The molecule has 0 aliphatic carbocycles. The highest BCUT2D eigenvalue weighted by molar-refractivity contribution is 5.84. The molecule has 0 unspecified atom stereocenters. The van der Waals surface area contributed by atoms with Gasteiger partial charge in [-0.2, -0.15) is 0 Å². The van der Waals surface area contributed by atoms with Crippen molar-refractivity contribution >= 4 is 16.6 Å². The molecule has 0 radical (unpaired) electrons. The van der Waals surface area contributed by atoms with E-state index in [4.69, 9.17) is 0 Å². The van der Waals surface area contributed by atoms with Crippen LogP contribution in [0.2, 0.25) is 0 Å². The maximum atomic E-state index is 2.50. The van der Waals surface area contributed by atoms with Crippen LogP contribution in [-0.2, 0) is 6.54 Å². The lowest BCUT2D eigenvalue weighted by molar-refractivity contribution is 0.171. The van der Waals surface area contributed by atoms with Crippen LogP contribution in [0.15, 0.2) is 30.5 Å². The molecule has 2 aromatic rings. The van der Waals surface area contributed by atoms with Gasteiger partial charge in [0.25, 0.3) is 0 Å². The third-order valence-electron chi connectivity index (χ3n) is 4.99. The average molecular weight is 285 g/mol. The van der Waals surface area contributed by atoms with Crippen molar-refractivity contribution in [2.45, 2.75) is 38.8 Å². The largest absolute Gasteiger partial charge is 0.372 e. The minimum absolute atomic E-state index is 0.152. The first kappa shape index (κ1) is 14.5. The van der Waals surface area contributed by atoms with Crippen molar-refractivity contribution in [1.82, 2.24) is 9.47 Å². The normalized spacial score (nSPS) is 16.3. The Kier molecular flexibility index (Phi) is 3.70. The van der Waals surface area contributed by atoms with Gasteiger partial charge in [0.15, 0.2) is 0 Å². The monoisotopic (exact) mass is 285 g/mol. The maximum absolute atomic E-state index is 2.50. The van der Waals surface area contributed by atoms with Gasteiger partial charge in [0.1, 0.15) is 0 Å². The third kappa shape index (κ3) is 2.80. The van der Waals surface area contributed by atoms with Gasteiger partial charge in [-0.05, 0) is 65.0 Å². The Bertz CT molecular complexity index is 618. The van der Waals surface area contributed by atoms with Crippen molar-refractivity contribution in [2.24, 2.45) is 0 Å². The molecule has 1 aromatic carbocycles. The molecule has 21 heavy (non-hydrogen) atoms. The van der Waals surface area contributed by atoms with Crippen molar-refractivity contribution in [1.29, 1.82) is 0 Å². The summed E-state index contributed by atoms with van der Waals surface area (Å²) in [5.74, 6) is 0. The van der Waals surface area contributed by atoms with Crippen LogP contribution >= 0.6 is 0 Å². The Morgan fingerprint density at radius 1 is 1.10 bits per heavy atom. The van der Waals surface area contributed by atoms with Gasteiger partial charge in [0.2, 0.25) is 0 Å². The van der Waals surface area contributed by atoms with Crippen LogP contribution in [0.1, 0.15) is 26.7 Å². The first-order valence-electron chi connectivity index (χ1n) is 7.99. The zero-order chi connectivity index (χ0) is 15.0. The number of aromatic nitrogens is 1. The summed E-state index contributed by atoms with van der Waals surface area (Å²) < 4.78 is 2.38. The summed E-state index contributed by atoms with van der Waals surface area (Å²) in [4.78, 5) is 4.79. The van der Waals surface area contributed by atoms with Crippen LogP contribution < -0.4 is 4.90 Å². The Hall–Kier alpha value is -1.48. The molecule has 1 aliphatic heterocycles. The Labute approximate surface area is 128 Å². The molecule has 3 nitrogen and oxygen atoms in total. The van der Waals surface area contributed by atoms with Crippen LogP contribution in [0, 0.1) is 0 Å². The van der Waals surface area contributed by atoms with Crippen molar-refractivity contribution in [3.05, 3.63) is 30.5 Å². The van der Waals surface area contributed by atoms with Gasteiger partial charge in [-0.1, -0.05) is 0 Å². The molecule has 0 amide bonds. The SMILES string of the molecule is CN(C)C(C)(C)Cn1ccc2cc(N3CCCC3)ccc21. The van der Waals surface area contributed by atoms with Crippen molar-refractivity contribution < 1.29 is 0 Å². The molecule has 3 heteroatoms. The first-order valence-corrected chi connectivity index (χ1v) is 7.99. The second kappa shape index (κ2) is 5.38. The summed E-state index contributed by atoms with van der Waals surface area (Å²) in [5, 5.41) is 1.36. The summed E-state index contributed by atoms with van der Waals surface area (Å²) in [6.07, 6.45) is 4.88. The van der Waals surface area contributed by atoms with E-state index in [9.17, 15) is 0 Å². The molecular formula is C18H27N3. The average Bonchev–Trinajstić information content (AvgIpc) is 3.08. The molecule has 1 fully saturated rings. The number of nitrogens with zero attached hydrogens (tertiary/aromatic N) is 3. The standard InChI is InChI=1S/C18H27N3/c1-18(2,19(3)4)14-21-12-9-15-13-16(7-8-17(15)21)20-10-5-6-11-20/h7-9,12-13H,5-6,10-11,14H2,1-4H3. The predicted octanol–water partition coefficient (Wildman–Crippen LogP) is 3.58. The number of rotatable bonds is 4. The van der Waals surface area contributed by atoms with E-state index in [0.29, 0.717) is 0 Å². The van der Waals surface area contributed by atoms with E-state index < -0.39 is 0 Å². The first-order chi connectivity index (χ1) is 9.97. The summed E-state index contributed by atoms with van der Waals surface area (Å²) >= 11 is 0. The Balaban J connectivity index is 1.89. The topological polar surface area (TPSA) is 11.4 Å². The van der Waals surface area contributed by atoms with Crippen LogP contribution in [-0.4, -0.2) is 42.2 Å². The summed E-state index contributed by atoms with van der Waals surface area (Å²) in [5.41, 5.74) is 2.87. The predicted molar refractivity (Wildman–Crippen MR) is 91.2 cm³/mol. The highest BCUT2D eigenvalue weighted by Gasteiger charge is 2.21. The second-order valence-electron chi connectivity index (χ2n) is 7.09. The summed E-state index contributed by atoms with van der Waals surface area (Å²) in [7, 11) is 4.30. The molecule has 1 saturated heterocycles. The molecule has 0 spiro atoms. The van der Waals surface area contributed by atoms with E-state index >= 15 is 0 Å². The molecule has 0 atom stereocenters. The van der Waals surface area contributed by atoms with E-state index in [1.165, 1.54) is 42.5 Å². The summed E-state index contributed by atoms with van der Waals surface area (Å²) in [6, 6.07) is 9.17. The summed E-state index contributed by atoms with van der Waals surface area (Å²) in [6.45, 7) is 8.00. The van der Waals surface area contributed by atoms with Gasteiger partial charge < -0.3 is 14.4 Å². The fraction of sp³-hybridized carbons (Fsp3) is 0.556. The van der Waals surface area contributed by atoms with Crippen molar-refractivity contribution in [3.63, 3.8) is 0 Å². The van der Waals surface area contributed by atoms with E-state index in [1.807, 2.05) is 0 Å². The quantitative estimate of drug-likeness (QED) is 0.850. The van der Waals surface area contributed by atoms with Gasteiger partial charge in [-0.15, -0.1) is 0 Å². The van der Waals surface area contributed by atoms with Gasteiger partial charge in [0, 0.05) is 48.0 Å². The molecule has 0 N–H and O–H groups in total. The number of hydrogen-bond acceptors (Lipinski definition) is 2. The molecule has 1 aromatic heterocycles. The van der Waals surface area contributed by atoms with Crippen molar-refractivity contribution in [3.8, 4) is 0 Å². The number of likely N-dealkylation sites (N-methyl/N-ethyl adjacent to an activating group) is 1. The van der Waals surface area contributed by atoms with Gasteiger partial charge >= 0.3 is 0 Å². The lowest BCUT2D eigenvalue weighted by Crippen LogP contribution is -2.41. The van der Waals surface area contributed by atoms with E-state index in [1.54, 1.807) is 0 Å². The highest BCUT2D eigenvalue weighted by Crippen LogP contribution is 2.27. The van der Waals surface area contributed by atoms with Crippen molar-refractivity contribution in [2.75, 3.05) is 32.1 Å². The third-order valence-corrected chi connectivity index (χ3v) is 4.99. The van der Waals surface area contributed by atoms with E-state index in [-0.39, 0.29) is 5.54 Å². The minimum Gasteiger partial charge on any atom is -0.372 e. The van der Waals surface area contributed by atoms with Crippen LogP contribution in [0.25, 0.3) is 10.9 Å². The zero-order valence-electron chi connectivity index (χ0n) is 13.8. The Morgan fingerprint density at radius 3 is 2.48 bits per heavy atom. The molecule has 3 rings (SSSR count). The highest BCUT2D eigenvalue weighted by atomic mass is 15.2. The number of hydrogen-bond donors (Lipinski definition) is 0. The fourth-order valence-electron chi connectivity index (χ4n) is 3.06. The molecule has 0 saturated carbocycles. The van der Waals surface area contributed by atoms with Gasteiger partial charge in [0.05, 0.1) is 0 Å². The minimum atomic E-state index is 0.152. The lowest BCUT2D eigenvalue weighted by Gasteiger charge is -2.33.